The molecule has 100 valence electrons. The van der Waals surface area contributed by atoms with Crippen LogP contribution in [0.25, 0.3) is 0 Å². The molecule has 0 fully saturated rings. The number of hydrogen-bond acceptors (Lipinski definition) is 4. The van der Waals surface area contributed by atoms with Gasteiger partial charge in [0.15, 0.2) is 0 Å². The third-order valence-corrected chi connectivity index (χ3v) is 2.11. The highest BCUT2D eigenvalue weighted by Crippen LogP contribution is 2.08. The van der Waals surface area contributed by atoms with Gasteiger partial charge in [0.05, 0.1) is 12.5 Å². The van der Waals surface area contributed by atoms with E-state index < -0.39 is 24.3 Å². The molecule has 0 bridgehead atoms. The van der Waals surface area contributed by atoms with Gasteiger partial charge >= 0.3 is 0 Å². The van der Waals surface area contributed by atoms with Crippen molar-refractivity contribution in [3.05, 3.63) is 42.0 Å². The van der Waals surface area contributed by atoms with Crippen LogP contribution in [0.15, 0.2) is 36.4 Å². The van der Waals surface area contributed by atoms with Gasteiger partial charge in [-0.2, -0.15) is 0 Å². The SMILES string of the molecule is Cc1ccc(NC(=O)/C=C\C(=O)NCC(=O)[O-])cc1. The van der Waals surface area contributed by atoms with E-state index in [0.29, 0.717) is 5.69 Å². The van der Waals surface area contributed by atoms with Crippen molar-refractivity contribution in [3.8, 4) is 0 Å². The standard InChI is InChI=1S/C13H14N2O4/c1-9-2-4-10(5-3-9)15-12(17)7-6-11(16)14-8-13(18)19/h2-7H,8H2,1H3,(H,14,16)(H,15,17)(H,18,19)/p-1/b7-6-. The van der Waals surface area contributed by atoms with E-state index in [1.165, 1.54) is 0 Å². The lowest BCUT2D eigenvalue weighted by atomic mass is 10.2. The Hall–Kier alpha value is -2.63. The number of carbonyl (C=O) groups excluding carboxylic acids is 3. The average molecular weight is 261 g/mol. The van der Waals surface area contributed by atoms with Crippen LogP contribution in [0.5, 0.6) is 0 Å². The number of anilines is 1. The normalized spacial score (nSPS) is 10.2. The second-order valence-electron chi connectivity index (χ2n) is 3.78. The minimum atomic E-state index is -1.40. The zero-order valence-electron chi connectivity index (χ0n) is 10.3. The Morgan fingerprint density at radius 2 is 1.68 bits per heavy atom. The molecular formula is C13H13N2O4-. The predicted molar refractivity (Wildman–Crippen MR) is 67.0 cm³/mol. The second-order valence-corrected chi connectivity index (χ2v) is 3.78. The van der Waals surface area contributed by atoms with Crippen molar-refractivity contribution in [2.75, 3.05) is 11.9 Å². The number of hydrogen-bond donors (Lipinski definition) is 2. The molecule has 0 aromatic heterocycles. The highest BCUT2D eigenvalue weighted by molar-refractivity contribution is 6.03. The van der Waals surface area contributed by atoms with Crippen molar-refractivity contribution in [1.82, 2.24) is 5.32 Å². The fourth-order valence-electron chi connectivity index (χ4n) is 1.19. The Bertz CT molecular complexity index is 506. The number of carbonyl (C=O) groups is 3. The maximum Gasteiger partial charge on any atom is 0.248 e. The highest BCUT2D eigenvalue weighted by atomic mass is 16.4. The van der Waals surface area contributed by atoms with Crippen molar-refractivity contribution < 1.29 is 19.5 Å². The summed E-state index contributed by atoms with van der Waals surface area (Å²) in [7, 11) is 0. The van der Waals surface area contributed by atoms with Crippen molar-refractivity contribution in [2.45, 2.75) is 6.92 Å². The van der Waals surface area contributed by atoms with Gasteiger partial charge in [0.1, 0.15) is 0 Å². The Kier molecular flexibility index (Phi) is 5.28. The smallest absolute Gasteiger partial charge is 0.248 e. The summed E-state index contributed by atoms with van der Waals surface area (Å²) in [6, 6.07) is 7.15. The van der Waals surface area contributed by atoms with Crippen LogP contribution in [-0.4, -0.2) is 24.3 Å². The minimum Gasteiger partial charge on any atom is -0.548 e. The Balaban J connectivity index is 2.44. The summed E-state index contributed by atoms with van der Waals surface area (Å²) < 4.78 is 0. The first-order valence-corrected chi connectivity index (χ1v) is 5.51. The lowest BCUT2D eigenvalue weighted by molar-refractivity contribution is -0.303. The molecule has 0 spiro atoms. The van der Waals surface area contributed by atoms with Crippen LogP contribution in [0.4, 0.5) is 5.69 Å². The van der Waals surface area contributed by atoms with E-state index in [0.717, 1.165) is 17.7 Å². The molecule has 2 amide bonds. The lowest BCUT2D eigenvalue weighted by Gasteiger charge is -2.03. The molecule has 0 unspecified atom stereocenters. The van der Waals surface area contributed by atoms with Gasteiger partial charge in [0.2, 0.25) is 11.8 Å². The van der Waals surface area contributed by atoms with Crippen LogP contribution >= 0.6 is 0 Å². The molecule has 0 saturated heterocycles. The number of benzene rings is 1. The average Bonchev–Trinajstić information content (AvgIpc) is 2.36. The van der Waals surface area contributed by atoms with Crippen LogP contribution in [0.2, 0.25) is 0 Å². The predicted octanol–water partition coefficient (Wildman–Crippen LogP) is -0.644. The summed E-state index contributed by atoms with van der Waals surface area (Å²) >= 11 is 0. The first-order valence-electron chi connectivity index (χ1n) is 5.51. The molecule has 0 aliphatic rings. The van der Waals surface area contributed by atoms with Crippen molar-refractivity contribution in [2.24, 2.45) is 0 Å². The number of aryl methyl sites for hydroxylation is 1. The van der Waals surface area contributed by atoms with Gasteiger partial charge in [0, 0.05) is 17.8 Å². The molecular weight excluding hydrogens is 248 g/mol. The van der Waals surface area contributed by atoms with E-state index in [1.54, 1.807) is 12.1 Å². The molecule has 0 atom stereocenters. The quantitative estimate of drug-likeness (QED) is 0.688. The van der Waals surface area contributed by atoms with Gasteiger partial charge < -0.3 is 20.5 Å². The van der Waals surface area contributed by atoms with Crippen molar-refractivity contribution in [3.63, 3.8) is 0 Å². The Morgan fingerprint density at radius 3 is 2.26 bits per heavy atom. The number of nitrogens with one attached hydrogen (secondary N) is 2. The topological polar surface area (TPSA) is 98.3 Å². The molecule has 6 heteroatoms. The summed E-state index contributed by atoms with van der Waals surface area (Å²) in [4.78, 5) is 32.6. The zero-order valence-corrected chi connectivity index (χ0v) is 10.3. The largest absolute Gasteiger partial charge is 0.548 e. The van der Waals surface area contributed by atoms with Crippen molar-refractivity contribution in [1.29, 1.82) is 0 Å². The van der Waals surface area contributed by atoms with Crippen LogP contribution in [0, 0.1) is 6.92 Å². The molecule has 0 saturated carbocycles. The third kappa shape index (κ3) is 6.02. The summed E-state index contributed by atoms with van der Waals surface area (Å²) in [6.07, 6.45) is 1.97. The summed E-state index contributed by atoms with van der Waals surface area (Å²) in [5, 5.41) is 14.7. The van der Waals surface area contributed by atoms with Gasteiger partial charge in [0.25, 0.3) is 0 Å². The van der Waals surface area contributed by atoms with E-state index in [9.17, 15) is 19.5 Å². The van der Waals surface area contributed by atoms with Gasteiger partial charge in [-0.05, 0) is 19.1 Å². The molecule has 2 N–H and O–H groups in total. The number of carboxylic acids is 1. The molecule has 0 heterocycles. The number of carboxylic acid groups (broad SMARTS) is 1. The van der Waals surface area contributed by atoms with Crippen LogP contribution in [0.3, 0.4) is 0 Å². The van der Waals surface area contributed by atoms with Gasteiger partial charge in [-0.25, -0.2) is 0 Å². The number of amides is 2. The van der Waals surface area contributed by atoms with E-state index >= 15 is 0 Å². The molecule has 1 aromatic rings. The van der Waals surface area contributed by atoms with E-state index in [2.05, 4.69) is 5.32 Å². The first kappa shape index (κ1) is 14.4. The van der Waals surface area contributed by atoms with Crippen LogP contribution < -0.4 is 15.7 Å². The summed E-state index contributed by atoms with van der Waals surface area (Å²) in [5.41, 5.74) is 1.67. The van der Waals surface area contributed by atoms with E-state index in [4.69, 9.17) is 0 Å². The van der Waals surface area contributed by atoms with Crippen LogP contribution in [0.1, 0.15) is 5.56 Å². The summed E-state index contributed by atoms with van der Waals surface area (Å²) in [5.74, 6) is -2.55. The Morgan fingerprint density at radius 1 is 1.11 bits per heavy atom. The third-order valence-electron chi connectivity index (χ3n) is 2.11. The highest BCUT2D eigenvalue weighted by Gasteiger charge is 1.99. The number of rotatable bonds is 5. The Labute approximate surface area is 110 Å². The maximum absolute atomic E-state index is 11.4. The molecule has 6 nitrogen and oxygen atoms in total. The summed E-state index contributed by atoms with van der Waals surface area (Å²) in [6.45, 7) is 1.33. The molecule has 1 aromatic carbocycles. The lowest BCUT2D eigenvalue weighted by Crippen LogP contribution is -2.37. The number of aliphatic carboxylic acids is 1. The van der Waals surface area contributed by atoms with Gasteiger partial charge in [-0.1, -0.05) is 17.7 Å². The molecule has 1 rings (SSSR count). The molecule has 0 aliphatic carbocycles. The fourth-order valence-corrected chi connectivity index (χ4v) is 1.19. The van der Waals surface area contributed by atoms with Gasteiger partial charge in [-0.15, -0.1) is 0 Å². The zero-order chi connectivity index (χ0) is 14.3. The maximum atomic E-state index is 11.4. The molecule has 0 radical (unpaired) electrons. The van der Waals surface area contributed by atoms with E-state index in [1.807, 2.05) is 24.4 Å². The first-order chi connectivity index (χ1) is 8.97. The monoisotopic (exact) mass is 261 g/mol. The van der Waals surface area contributed by atoms with E-state index in [-0.39, 0.29) is 0 Å². The van der Waals surface area contributed by atoms with Crippen molar-refractivity contribution >= 4 is 23.5 Å². The minimum absolute atomic E-state index is 0.479. The van der Waals surface area contributed by atoms with Crippen LogP contribution in [-0.2, 0) is 14.4 Å². The van der Waals surface area contributed by atoms with Gasteiger partial charge in [-0.3, -0.25) is 9.59 Å². The molecule has 0 aliphatic heterocycles. The fraction of sp³-hybridized carbons (Fsp3) is 0.154. The molecule has 19 heavy (non-hydrogen) atoms. The second kappa shape index (κ2) is 6.95.